The second kappa shape index (κ2) is 7.93. The molecule has 0 aliphatic heterocycles. The van der Waals surface area contributed by atoms with Crippen LogP contribution in [0, 0.1) is 44.3 Å². The number of hydrogen-bond acceptors (Lipinski definition) is 5. The Hall–Kier alpha value is -1.17. The smallest absolute Gasteiger partial charge is 0.312 e. The van der Waals surface area contributed by atoms with Crippen LogP contribution in [0.25, 0.3) is 0 Å². The standard InChI is InChI=1S/C31H48O5/c1-26(2)12-14-31(25(35)36-7)15-13-29(5)19(20(31)16-26)8-9-23-27(3)17-21(33)24(34)28(4,18-32)22(27)10-11-30(23,29)6/h8,10,20-21,23-24,32-34H,9,11-18H2,1-7H3. The number of rotatable bonds is 2. The average molecular weight is 501 g/mol. The maximum atomic E-state index is 13.4. The zero-order valence-corrected chi connectivity index (χ0v) is 23.5. The molecule has 3 fully saturated rings. The highest BCUT2D eigenvalue weighted by Gasteiger charge is 2.68. The van der Waals surface area contributed by atoms with E-state index in [1.807, 2.05) is 6.92 Å². The largest absolute Gasteiger partial charge is 0.469 e. The number of carbonyl (C=O) groups excluding carboxylic acids is 1. The van der Waals surface area contributed by atoms with E-state index in [1.54, 1.807) is 7.11 Å². The number of ether oxygens (including phenoxy) is 1. The Labute approximate surface area is 217 Å². The van der Waals surface area contributed by atoms with E-state index >= 15 is 0 Å². The number of aliphatic hydroxyl groups excluding tert-OH is 3. The van der Waals surface area contributed by atoms with Crippen LogP contribution in [-0.2, 0) is 9.53 Å². The van der Waals surface area contributed by atoms with Crippen molar-refractivity contribution in [2.45, 2.75) is 105 Å². The van der Waals surface area contributed by atoms with Crippen LogP contribution in [0.4, 0.5) is 0 Å². The normalized spacial score (nSPS) is 51.5. The summed E-state index contributed by atoms with van der Waals surface area (Å²) in [4.78, 5) is 13.4. The average Bonchev–Trinajstić information content (AvgIpc) is 2.82. The van der Waals surface area contributed by atoms with Crippen LogP contribution in [0.1, 0.15) is 92.9 Å². The molecule has 0 heterocycles. The van der Waals surface area contributed by atoms with Crippen molar-refractivity contribution in [3.05, 3.63) is 23.3 Å². The minimum atomic E-state index is -0.962. The van der Waals surface area contributed by atoms with E-state index in [9.17, 15) is 20.1 Å². The van der Waals surface area contributed by atoms with Gasteiger partial charge in [-0.25, -0.2) is 0 Å². The van der Waals surface area contributed by atoms with E-state index in [0.717, 1.165) is 50.5 Å². The van der Waals surface area contributed by atoms with Crippen molar-refractivity contribution in [1.29, 1.82) is 0 Å². The van der Waals surface area contributed by atoms with Gasteiger partial charge in [-0.15, -0.1) is 0 Å². The van der Waals surface area contributed by atoms with Gasteiger partial charge in [0.25, 0.3) is 0 Å². The minimum absolute atomic E-state index is 0.0286. The van der Waals surface area contributed by atoms with E-state index in [1.165, 1.54) is 5.57 Å². The summed E-state index contributed by atoms with van der Waals surface area (Å²) in [5.41, 5.74) is 1.11. The van der Waals surface area contributed by atoms with Gasteiger partial charge in [0, 0.05) is 5.41 Å². The van der Waals surface area contributed by atoms with Gasteiger partial charge in [0.15, 0.2) is 0 Å². The topological polar surface area (TPSA) is 87.0 Å². The molecule has 5 aliphatic carbocycles. The molecular weight excluding hydrogens is 452 g/mol. The maximum Gasteiger partial charge on any atom is 0.312 e. The maximum absolute atomic E-state index is 13.4. The molecule has 0 radical (unpaired) electrons. The molecule has 3 N–H and O–H groups in total. The first kappa shape index (κ1) is 26.4. The molecule has 9 atom stereocenters. The van der Waals surface area contributed by atoms with E-state index < -0.39 is 23.0 Å². The summed E-state index contributed by atoms with van der Waals surface area (Å²) in [5, 5.41) is 32.3. The number of esters is 1. The van der Waals surface area contributed by atoms with Crippen LogP contribution in [0.5, 0.6) is 0 Å². The highest BCUT2D eigenvalue weighted by Crippen LogP contribution is 2.74. The molecule has 5 aliphatic rings. The second-order valence-corrected chi connectivity index (χ2v) is 14.8. The molecule has 0 saturated heterocycles. The number of carbonyl (C=O) groups is 1. The van der Waals surface area contributed by atoms with Gasteiger partial charge in [-0.05, 0) is 84.9 Å². The van der Waals surface area contributed by atoms with Crippen LogP contribution in [-0.4, -0.2) is 47.2 Å². The highest BCUT2D eigenvalue weighted by atomic mass is 16.5. The zero-order valence-electron chi connectivity index (χ0n) is 23.5. The fourth-order valence-corrected chi connectivity index (χ4v) is 10.2. The third-order valence-corrected chi connectivity index (χ3v) is 12.7. The number of fused-ring (bicyclic) bond motifs is 7. The van der Waals surface area contributed by atoms with E-state index in [-0.39, 0.29) is 46.1 Å². The van der Waals surface area contributed by atoms with Gasteiger partial charge in [0.2, 0.25) is 0 Å². The fourth-order valence-electron chi connectivity index (χ4n) is 10.2. The molecule has 5 nitrogen and oxygen atoms in total. The molecule has 0 bridgehead atoms. The van der Waals surface area contributed by atoms with Crippen LogP contribution in [0.2, 0.25) is 0 Å². The SMILES string of the molecule is COC(=O)C12CCC(C)(C)CC1C1=CCC3C4(C)CC(O)C(O)C(C)(CO)C4=CCC3(C)C1(C)CC2. The van der Waals surface area contributed by atoms with Gasteiger partial charge in [-0.1, -0.05) is 64.8 Å². The number of hydrogen-bond donors (Lipinski definition) is 3. The van der Waals surface area contributed by atoms with E-state index in [2.05, 4.69) is 46.8 Å². The summed E-state index contributed by atoms with van der Waals surface area (Å²) in [5.74, 6) is 0.456. The first-order valence-electron chi connectivity index (χ1n) is 14.1. The van der Waals surface area contributed by atoms with Gasteiger partial charge >= 0.3 is 5.97 Å². The van der Waals surface area contributed by atoms with Crippen LogP contribution >= 0.6 is 0 Å². The van der Waals surface area contributed by atoms with Gasteiger partial charge in [0.1, 0.15) is 0 Å². The lowest BCUT2D eigenvalue weighted by Crippen LogP contribution is -2.64. The van der Waals surface area contributed by atoms with Gasteiger partial charge in [0.05, 0.1) is 31.3 Å². The molecule has 36 heavy (non-hydrogen) atoms. The van der Waals surface area contributed by atoms with Crippen LogP contribution in [0.3, 0.4) is 0 Å². The van der Waals surface area contributed by atoms with Crippen molar-refractivity contribution in [2.75, 3.05) is 13.7 Å². The number of methoxy groups -OCH3 is 1. The monoisotopic (exact) mass is 500 g/mol. The molecule has 0 spiro atoms. The van der Waals surface area contributed by atoms with Gasteiger partial charge in [-0.3, -0.25) is 4.79 Å². The summed E-state index contributed by atoms with van der Waals surface area (Å²) in [6.07, 6.45) is 10.0. The lowest BCUT2D eigenvalue weighted by Gasteiger charge is -2.69. The summed E-state index contributed by atoms with van der Waals surface area (Å²) < 4.78 is 5.46. The molecule has 9 unspecified atom stereocenters. The number of aliphatic hydroxyl groups is 3. The molecule has 0 amide bonds. The summed E-state index contributed by atoms with van der Waals surface area (Å²) in [6.45, 7) is 13.6. The molecular formula is C31H48O5. The Morgan fingerprint density at radius 3 is 2.31 bits per heavy atom. The summed E-state index contributed by atoms with van der Waals surface area (Å²) in [7, 11) is 1.55. The molecule has 0 aromatic heterocycles. The zero-order chi connectivity index (χ0) is 26.5. The Kier molecular flexibility index (Phi) is 5.82. The second-order valence-electron chi connectivity index (χ2n) is 14.8. The van der Waals surface area contributed by atoms with Crippen molar-refractivity contribution in [2.24, 2.45) is 44.3 Å². The van der Waals surface area contributed by atoms with Crippen molar-refractivity contribution < 1.29 is 24.9 Å². The fraction of sp³-hybridized carbons (Fsp3) is 0.839. The van der Waals surface area contributed by atoms with Crippen molar-refractivity contribution in [3.63, 3.8) is 0 Å². The van der Waals surface area contributed by atoms with Gasteiger partial charge in [-0.2, -0.15) is 0 Å². The Morgan fingerprint density at radius 2 is 1.67 bits per heavy atom. The summed E-state index contributed by atoms with van der Waals surface area (Å²) >= 11 is 0. The van der Waals surface area contributed by atoms with Gasteiger partial charge < -0.3 is 20.1 Å². The van der Waals surface area contributed by atoms with Crippen molar-refractivity contribution in [1.82, 2.24) is 0 Å². The predicted molar refractivity (Wildman–Crippen MR) is 140 cm³/mol. The first-order valence-corrected chi connectivity index (χ1v) is 14.1. The Morgan fingerprint density at radius 1 is 1.00 bits per heavy atom. The Bertz CT molecular complexity index is 1010. The van der Waals surface area contributed by atoms with E-state index in [0.29, 0.717) is 6.42 Å². The minimum Gasteiger partial charge on any atom is -0.469 e. The Balaban J connectivity index is 1.63. The first-order chi connectivity index (χ1) is 16.7. The highest BCUT2D eigenvalue weighted by molar-refractivity contribution is 5.78. The molecule has 3 saturated carbocycles. The van der Waals surface area contributed by atoms with Crippen molar-refractivity contribution in [3.8, 4) is 0 Å². The third-order valence-electron chi connectivity index (χ3n) is 12.7. The van der Waals surface area contributed by atoms with Crippen molar-refractivity contribution >= 4 is 5.97 Å². The number of allylic oxidation sites excluding steroid dienone is 3. The summed E-state index contributed by atoms with van der Waals surface area (Å²) in [6, 6.07) is 0. The van der Waals surface area contributed by atoms with Crippen LogP contribution < -0.4 is 0 Å². The third kappa shape index (κ3) is 3.09. The molecule has 0 aromatic rings. The predicted octanol–water partition coefficient (Wildman–Crippen LogP) is 5.19. The lowest BCUT2D eigenvalue weighted by molar-refractivity contribution is -0.174. The van der Waals surface area contributed by atoms with E-state index in [4.69, 9.17) is 4.74 Å². The quantitative estimate of drug-likeness (QED) is 0.359. The molecule has 0 aromatic carbocycles. The molecule has 5 rings (SSSR count). The molecule has 202 valence electrons. The lowest BCUT2D eigenvalue weighted by atomic mass is 9.35. The van der Waals surface area contributed by atoms with Crippen LogP contribution in [0.15, 0.2) is 23.3 Å². The molecule has 5 heteroatoms.